The molecule has 5 rings (SSSR count). The maximum Gasteiger partial charge on any atom is 0.303 e. The Labute approximate surface area is 162 Å². The number of halogens is 1. The topological polar surface area (TPSA) is 99.5 Å². The molecule has 1 aromatic carbocycles. The zero-order chi connectivity index (χ0) is 19.6. The van der Waals surface area contributed by atoms with E-state index >= 15 is 0 Å². The first-order valence-electron chi connectivity index (χ1n) is 8.17. The largest absolute Gasteiger partial charge is 0.457 e. The van der Waals surface area contributed by atoms with Crippen LogP contribution in [0.3, 0.4) is 0 Å². The highest BCUT2D eigenvalue weighted by Crippen LogP contribution is 2.26. The lowest BCUT2D eigenvalue weighted by molar-refractivity contribution is 0.588. The summed E-state index contributed by atoms with van der Waals surface area (Å²) < 4.78 is 33.5. The molecule has 28 heavy (non-hydrogen) atoms. The summed E-state index contributed by atoms with van der Waals surface area (Å²) in [6.07, 6.45) is 2.72. The molecule has 10 heteroatoms. The Balaban J connectivity index is 1.87. The minimum absolute atomic E-state index is 0.0484. The van der Waals surface area contributed by atoms with E-state index < -0.39 is 15.6 Å². The second-order valence-electron chi connectivity index (χ2n) is 6.26. The van der Waals surface area contributed by atoms with Gasteiger partial charge < -0.3 is 4.42 Å². The molecule has 0 atom stereocenters. The predicted molar refractivity (Wildman–Crippen MR) is 103 cm³/mol. The molecule has 0 N–H and O–H groups in total. The fourth-order valence-electron chi connectivity index (χ4n) is 3.11. The van der Waals surface area contributed by atoms with Crippen molar-refractivity contribution in [1.82, 2.24) is 18.3 Å². The van der Waals surface area contributed by atoms with Gasteiger partial charge in [-0.3, -0.25) is 4.79 Å². The molecule has 0 aliphatic rings. The summed E-state index contributed by atoms with van der Waals surface area (Å²) in [4.78, 5) is 21.3. The number of nitrogens with zero attached hydrogens (tertiary/aromatic N) is 4. The van der Waals surface area contributed by atoms with Crippen molar-refractivity contribution in [3.63, 3.8) is 0 Å². The summed E-state index contributed by atoms with van der Waals surface area (Å²) in [5.41, 5.74) is 1.11. The molecule has 0 amide bonds. The molecule has 0 spiro atoms. The van der Waals surface area contributed by atoms with Gasteiger partial charge in [0, 0.05) is 12.3 Å². The van der Waals surface area contributed by atoms with Gasteiger partial charge in [-0.25, -0.2) is 21.8 Å². The van der Waals surface area contributed by atoms with Crippen LogP contribution in [0.1, 0.15) is 5.56 Å². The van der Waals surface area contributed by atoms with Gasteiger partial charge in [-0.1, -0.05) is 17.7 Å². The monoisotopic (exact) mass is 414 g/mol. The molecule has 0 fully saturated rings. The van der Waals surface area contributed by atoms with Crippen molar-refractivity contribution in [1.29, 1.82) is 0 Å². The predicted octanol–water partition coefficient (Wildman–Crippen LogP) is 2.99. The van der Waals surface area contributed by atoms with E-state index in [4.69, 9.17) is 16.0 Å². The number of aryl methyl sites for hydroxylation is 1. The lowest BCUT2D eigenvalue weighted by Gasteiger charge is -2.09. The summed E-state index contributed by atoms with van der Waals surface area (Å²) >= 11 is 6.22. The maximum atomic E-state index is 13.1. The Morgan fingerprint density at radius 3 is 2.54 bits per heavy atom. The summed E-state index contributed by atoms with van der Waals surface area (Å²) in [5, 5.41) is 0.164. The van der Waals surface area contributed by atoms with E-state index in [0.29, 0.717) is 10.9 Å². The number of benzene rings is 1. The highest BCUT2D eigenvalue weighted by molar-refractivity contribution is 7.90. The number of hydrogen-bond acceptors (Lipinski definition) is 6. The number of rotatable bonds is 2. The molecule has 0 radical (unpaired) electrons. The molecule has 0 unspecified atom stereocenters. The molecule has 0 bridgehead atoms. The van der Waals surface area contributed by atoms with E-state index in [-0.39, 0.29) is 27.1 Å². The third-order valence-electron chi connectivity index (χ3n) is 4.51. The summed E-state index contributed by atoms with van der Waals surface area (Å²) in [6, 6.07) is 9.57. The fourth-order valence-corrected chi connectivity index (χ4v) is 4.64. The van der Waals surface area contributed by atoms with Crippen LogP contribution in [0.2, 0.25) is 5.28 Å². The van der Waals surface area contributed by atoms with Crippen molar-refractivity contribution < 1.29 is 12.8 Å². The zero-order valence-corrected chi connectivity index (χ0v) is 15.9. The van der Waals surface area contributed by atoms with Crippen molar-refractivity contribution >= 4 is 49.4 Å². The van der Waals surface area contributed by atoms with Crippen LogP contribution in [0.15, 0.2) is 63.0 Å². The number of aromatic nitrogens is 4. The van der Waals surface area contributed by atoms with Gasteiger partial charge in [0.25, 0.3) is 10.0 Å². The third-order valence-corrected chi connectivity index (χ3v) is 6.44. The summed E-state index contributed by atoms with van der Waals surface area (Å²) in [5.74, 6) is 0. The molecule has 0 saturated heterocycles. The molecule has 0 aliphatic carbocycles. The Kier molecular flexibility index (Phi) is 3.43. The molecule has 5 aromatic rings. The molecule has 0 saturated carbocycles. The zero-order valence-electron chi connectivity index (χ0n) is 14.3. The molecular weight excluding hydrogens is 404 g/mol. The van der Waals surface area contributed by atoms with Crippen molar-refractivity contribution in [2.24, 2.45) is 0 Å². The smallest absolute Gasteiger partial charge is 0.303 e. The molecule has 4 aromatic heterocycles. The molecular formula is C18H11ClN4O4S. The standard InChI is InChI=1S/C18H11ClN4O4S/c1-10-2-4-11(5-3-10)28(25,26)22-8-6-12-15(22)21-18(19)23-16(12)20-13-7-9-27-14(13)17(23)24/h2-9H,1H3. The van der Waals surface area contributed by atoms with E-state index in [9.17, 15) is 13.2 Å². The fraction of sp³-hybridized carbons (Fsp3) is 0.0556. The van der Waals surface area contributed by atoms with Gasteiger partial charge in [-0.05, 0) is 36.7 Å². The van der Waals surface area contributed by atoms with Crippen LogP contribution in [0.5, 0.6) is 0 Å². The average molecular weight is 415 g/mol. The first kappa shape index (κ1) is 17.0. The minimum atomic E-state index is -3.90. The second-order valence-corrected chi connectivity index (χ2v) is 8.41. The van der Waals surface area contributed by atoms with E-state index in [1.807, 2.05) is 6.92 Å². The van der Waals surface area contributed by atoms with Gasteiger partial charge in [0.15, 0.2) is 11.3 Å². The van der Waals surface area contributed by atoms with Crippen LogP contribution in [-0.4, -0.2) is 26.8 Å². The van der Waals surface area contributed by atoms with E-state index in [1.165, 1.54) is 30.7 Å². The van der Waals surface area contributed by atoms with Gasteiger partial charge in [-0.2, -0.15) is 4.98 Å². The minimum Gasteiger partial charge on any atom is -0.457 e. The van der Waals surface area contributed by atoms with Gasteiger partial charge in [0.2, 0.25) is 10.9 Å². The van der Waals surface area contributed by atoms with Crippen molar-refractivity contribution in [2.75, 3.05) is 0 Å². The van der Waals surface area contributed by atoms with E-state index in [2.05, 4.69) is 9.97 Å². The van der Waals surface area contributed by atoms with E-state index in [1.54, 1.807) is 18.2 Å². The Hall–Kier alpha value is -3.17. The van der Waals surface area contributed by atoms with Crippen LogP contribution >= 0.6 is 11.6 Å². The molecule has 8 nitrogen and oxygen atoms in total. The second kappa shape index (κ2) is 5.66. The third kappa shape index (κ3) is 2.23. The van der Waals surface area contributed by atoms with Crippen molar-refractivity contribution in [2.45, 2.75) is 11.8 Å². The van der Waals surface area contributed by atoms with Crippen LogP contribution in [0.25, 0.3) is 27.8 Å². The summed E-state index contributed by atoms with van der Waals surface area (Å²) in [7, 11) is -3.90. The first-order chi connectivity index (χ1) is 13.4. The van der Waals surface area contributed by atoms with Crippen LogP contribution in [0, 0.1) is 6.92 Å². The van der Waals surface area contributed by atoms with Gasteiger partial charge in [-0.15, -0.1) is 0 Å². The number of hydrogen-bond donors (Lipinski definition) is 0. The van der Waals surface area contributed by atoms with Crippen molar-refractivity contribution in [3.05, 3.63) is 70.1 Å². The Bertz CT molecular complexity index is 1560. The molecule has 4 heterocycles. The average Bonchev–Trinajstić information content (AvgIpc) is 3.29. The SMILES string of the molecule is Cc1ccc(S(=O)(=O)n2ccc3c2nc(Cl)n2c(=O)c4occc4nc32)cc1. The number of furan rings is 1. The maximum absolute atomic E-state index is 13.1. The van der Waals surface area contributed by atoms with Crippen molar-refractivity contribution in [3.8, 4) is 0 Å². The molecule has 140 valence electrons. The highest BCUT2D eigenvalue weighted by atomic mass is 35.5. The van der Waals surface area contributed by atoms with E-state index in [0.717, 1.165) is 13.9 Å². The van der Waals surface area contributed by atoms with Gasteiger partial charge in [0.05, 0.1) is 16.5 Å². The quantitative estimate of drug-likeness (QED) is 0.412. The van der Waals surface area contributed by atoms with Crippen LogP contribution < -0.4 is 5.56 Å². The van der Waals surface area contributed by atoms with Crippen LogP contribution in [-0.2, 0) is 10.0 Å². The normalized spacial score (nSPS) is 12.4. The lowest BCUT2D eigenvalue weighted by Crippen LogP contribution is -2.18. The molecule has 0 aliphatic heterocycles. The first-order valence-corrected chi connectivity index (χ1v) is 9.98. The van der Waals surface area contributed by atoms with Gasteiger partial charge in [0.1, 0.15) is 5.52 Å². The Morgan fingerprint density at radius 1 is 1.04 bits per heavy atom. The highest BCUT2D eigenvalue weighted by Gasteiger charge is 2.23. The Morgan fingerprint density at radius 2 is 1.79 bits per heavy atom. The van der Waals surface area contributed by atoms with Gasteiger partial charge >= 0.3 is 5.56 Å². The summed E-state index contributed by atoms with van der Waals surface area (Å²) in [6.45, 7) is 1.87. The lowest BCUT2D eigenvalue weighted by atomic mass is 10.2. The number of fused-ring (bicyclic) bond motifs is 4. The van der Waals surface area contributed by atoms with Crippen LogP contribution in [0.4, 0.5) is 0 Å².